The smallest absolute Gasteiger partial charge is 0.315 e. The number of nitrogens with two attached hydrogens (primary N) is 1. The topological polar surface area (TPSA) is 76.2 Å². The predicted molar refractivity (Wildman–Crippen MR) is 82.2 cm³/mol. The van der Waals surface area contributed by atoms with Gasteiger partial charge in [0.25, 0.3) is 0 Å². The Labute approximate surface area is 124 Å². The number of aromatic nitrogens is 1. The Kier molecular flexibility index (Phi) is 4.38. The molecule has 2 aromatic rings. The molecular weight excluding hydrogens is 264 g/mol. The van der Waals surface area contributed by atoms with Gasteiger partial charge in [-0.1, -0.05) is 30.3 Å². The molecule has 0 radical (unpaired) electrons. The molecule has 0 saturated heterocycles. The lowest BCUT2D eigenvalue weighted by Gasteiger charge is -2.29. The second-order valence-electron chi connectivity index (χ2n) is 5.35. The molecule has 1 aromatic carbocycles. The van der Waals surface area contributed by atoms with Crippen molar-refractivity contribution in [2.24, 2.45) is 5.73 Å². The van der Waals surface area contributed by atoms with Crippen molar-refractivity contribution < 1.29 is 9.90 Å². The summed E-state index contributed by atoms with van der Waals surface area (Å²) >= 11 is 0. The molecule has 4 nitrogen and oxygen atoms in total. The number of hydrogen-bond donors (Lipinski definition) is 2. The minimum atomic E-state index is -1.15. The average Bonchev–Trinajstić information content (AvgIpc) is 2.45. The number of carboxylic acids is 1. The quantitative estimate of drug-likeness (QED) is 0.882. The normalized spacial score (nSPS) is 13.7. The van der Waals surface area contributed by atoms with Crippen molar-refractivity contribution in [3.63, 3.8) is 0 Å². The predicted octanol–water partition coefficient (Wildman–Crippen LogP) is 2.22. The standard InChI is InChI=1S/C17H20N2O2/c1-12-6-3-4-9-15(12)17(11-18,16(20)21)10-14-8-5-7-13(2)19-14/h3-9H,10-11,18H2,1-2H3,(H,20,21). The molecule has 2 rings (SSSR count). The maximum absolute atomic E-state index is 12.0. The first-order valence-electron chi connectivity index (χ1n) is 6.92. The first kappa shape index (κ1) is 15.2. The zero-order valence-corrected chi connectivity index (χ0v) is 12.3. The van der Waals surface area contributed by atoms with Crippen LogP contribution >= 0.6 is 0 Å². The third-order valence-corrected chi connectivity index (χ3v) is 3.85. The Morgan fingerprint density at radius 3 is 2.48 bits per heavy atom. The summed E-state index contributed by atoms with van der Waals surface area (Å²) < 4.78 is 0. The lowest BCUT2D eigenvalue weighted by atomic mass is 9.74. The first-order valence-corrected chi connectivity index (χ1v) is 6.92. The van der Waals surface area contributed by atoms with E-state index in [1.54, 1.807) is 0 Å². The number of hydrogen-bond acceptors (Lipinski definition) is 3. The molecule has 1 heterocycles. The Morgan fingerprint density at radius 1 is 1.19 bits per heavy atom. The molecule has 3 N–H and O–H groups in total. The highest BCUT2D eigenvalue weighted by molar-refractivity contribution is 5.82. The summed E-state index contributed by atoms with van der Waals surface area (Å²) in [7, 11) is 0. The second-order valence-corrected chi connectivity index (χ2v) is 5.35. The Hall–Kier alpha value is -2.20. The molecule has 0 bridgehead atoms. The summed E-state index contributed by atoms with van der Waals surface area (Å²) in [5.74, 6) is -0.914. The highest BCUT2D eigenvalue weighted by atomic mass is 16.4. The number of rotatable bonds is 5. The van der Waals surface area contributed by atoms with E-state index in [2.05, 4.69) is 4.98 Å². The van der Waals surface area contributed by atoms with Gasteiger partial charge in [-0.15, -0.1) is 0 Å². The number of nitrogens with zero attached hydrogens (tertiary/aromatic N) is 1. The van der Waals surface area contributed by atoms with Crippen LogP contribution < -0.4 is 5.73 Å². The van der Waals surface area contributed by atoms with Crippen LogP contribution in [-0.2, 0) is 16.6 Å². The highest BCUT2D eigenvalue weighted by Crippen LogP contribution is 2.30. The number of carboxylic acid groups (broad SMARTS) is 1. The van der Waals surface area contributed by atoms with Gasteiger partial charge in [0.05, 0.1) is 0 Å². The number of benzene rings is 1. The van der Waals surface area contributed by atoms with Gasteiger partial charge < -0.3 is 10.8 Å². The van der Waals surface area contributed by atoms with Crippen LogP contribution in [0.2, 0.25) is 0 Å². The SMILES string of the molecule is Cc1cccc(CC(CN)(C(=O)O)c2ccccc2C)n1. The van der Waals surface area contributed by atoms with Crippen molar-refractivity contribution in [2.45, 2.75) is 25.7 Å². The van der Waals surface area contributed by atoms with Gasteiger partial charge in [-0.25, -0.2) is 0 Å². The molecule has 0 aliphatic heterocycles. The molecular formula is C17H20N2O2. The van der Waals surface area contributed by atoms with Gasteiger partial charge >= 0.3 is 5.97 Å². The minimum Gasteiger partial charge on any atom is -0.481 e. The molecule has 0 aliphatic carbocycles. The van der Waals surface area contributed by atoms with Crippen LogP contribution in [0.4, 0.5) is 0 Å². The molecule has 0 spiro atoms. The van der Waals surface area contributed by atoms with Gasteiger partial charge in [-0.3, -0.25) is 9.78 Å². The van der Waals surface area contributed by atoms with E-state index >= 15 is 0 Å². The maximum Gasteiger partial charge on any atom is 0.315 e. The molecule has 0 saturated carbocycles. The average molecular weight is 284 g/mol. The van der Waals surface area contributed by atoms with Crippen molar-refractivity contribution in [3.05, 3.63) is 65.0 Å². The van der Waals surface area contributed by atoms with Crippen molar-refractivity contribution in [2.75, 3.05) is 6.54 Å². The van der Waals surface area contributed by atoms with Crippen LogP contribution in [0, 0.1) is 13.8 Å². The van der Waals surface area contributed by atoms with Gasteiger partial charge in [-0.2, -0.15) is 0 Å². The Bertz CT molecular complexity index is 655. The molecule has 110 valence electrons. The van der Waals surface area contributed by atoms with E-state index in [0.717, 1.165) is 22.5 Å². The van der Waals surface area contributed by atoms with E-state index in [9.17, 15) is 9.90 Å². The number of aryl methyl sites for hydroxylation is 2. The van der Waals surface area contributed by atoms with Crippen molar-refractivity contribution in [3.8, 4) is 0 Å². The van der Waals surface area contributed by atoms with Crippen molar-refractivity contribution in [1.29, 1.82) is 0 Å². The van der Waals surface area contributed by atoms with E-state index in [1.165, 1.54) is 0 Å². The molecule has 4 heteroatoms. The van der Waals surface area contributed by atoms with Crippen LogP contribution in [-0.4, -0.2) is 22.6 Å². The third kappa shape index (κ3) is 2.95. The van der Waals surface area contributed by atoms with Gasteiger partial charge in [0.15, 0.2) is 0 Å². The van der Waals surface area contributed by atoms with Crippen molar-refractivity contribution in [1.82, 2.24) is 4.98 Å². The number of aliphatic carboxylic acids is 1. The van der Waals surface area contributed by atoms with Crippen LogP contribution in [0.15, 0.2) is 42.5 Å². The fourth-order valence-electron chi connectivity index (χ4n) is 2.67. The highest BCUT2D eigenvalue weighted by Gasteiger charge is 2.40. The monoisotopic (exact) mass is 284 g/mol. The minimum absolute atomic E-state index is 0.0306. The van der Waals surface area contributed by atoms with E-state index in [0.29, 0.717) is 0 Å². The maximum atomic E-state index is 12.0. The first-order chi connectivity index (χ1) is 9.99. The van der Waals surface area contributed by atoms with Gasteiger partial charge in [-0.05, 0) is 37.1 Å². The summed E-state index contributed by atoms with van der Waals surface area (Å²) in [5, 5.41) is 9.82. The number of carbonyl (C=O) groups is 1. The van der Waals surface area contributed by atoms with Crippen LogP contribution in [0.25, 0.3) is 0 Å². The lowest BCUT2D eigenvalue weighted by molar-refractivity contribution is -0.143. The van der Waals surface area contributed by atoms with E-state index in [1.807, 2.05) is 56.3 Å². The van der Waals surface area contributed by atoms with Gasteiger partial charge in [0, 0.05) is 24.4 Å². The summed E-state index contributed by atoms with van der Waals surface area (Å²) in [5.41, 5.74) is 8.03. The second kappa shape index (κ2) is 6.06. The largest absolute Gasteiger partial charge is 0.481 e. The summed E-state index contributed by atoms with van der Waals surface area (Å²) in [4.78, 5) is 16.4. The summed E-state index contributed by atoms with van der Waals surface area (Å²) in [6, 6.07) is 13.1. The molecule has 1 unspecified atom stereocenters. The Balaban J connectivity index is 2.53. The fourth-order valence-corrected chi connectivity index (χ4v) is 2.67. The molecule has 1 atom stereocenters. The fraction of sp³-hybridized carbons (Fsp3) is 0.294. The summed E-state index contributed by atoms with van der Waals surface area (Å²) in [6.45, 7) is 3.83. The van der Waals surface area contributed by atoms with Gasteiger partial charge in [0.2, 0.25) is 0 Å². The molecule has 0 aliphatic rings. The molecule has 0 fully saturated rings. The molecule has 1 aromatic heterocycles. The zero-order chi connectivity index (χ0) is 15.5. The van der Waals surface area contributed by atoms with E-state index in [4.69, 9.17) is 5.73 Å². The molecule has 21 heavy (non-hydrogen) atoms. The van der Waals surface area contributed by atoms with Crippen LogP contribution in [0.3, 0.4) is 0 Å². The van der Waals surface area contributed by atoms with E-state index in [-0.39, 0.29) is 13.0 Å². The van der Waals surface area contributed by atoms with Crippen LogP contribution in [0.5, 0.6) is 0 Å². The van der Waals surface area contributed by atoms with E-state index < -0.39 is 11.4 Å². The number of pyridine rings is 1. The molecule has 0 amide bonds. The third-order valence-electron chi connectivity index (χ3n) is 3.85. The van der Waals surface area contributed by atoms with Crippen molar-refractivity contribution >= 4 is 5.97 Å². The summed E-state index contributed by atoms with van der Waals surface area (Å²) in [6.07, 6.45) is 0.283. The Morgan fingerprint density at radius 2 is 1.90 bits per heavy atom. The van der Waals surface area contributed by atoms with Crippen LogP contribution in [0.1, 0.15) is 22.5 Å². The zero-order valence-electron chi connectivity index (χ0n) is 12.3. The lowest BCUT2D eigenvalue weighted by Crippen LogP contribution is -2.45. The van der Waals surface area contributed by atoms with Gasteiger partial charge in [0.1, 0.15) is 5.41 Å².